The molecule has 1 aromatic carbocycles. The van der Waals surface area contributed by atoms with E-state index in [0.29, 0.717) is 24.5 Å². The highest BCUT2D eigenvalue weighted by Gasteiger charge is 2.15. The number of rotatable bonds is 8. The van der Waals surface area contributed by atoms with Gasteiger partial charge in [-0.15, -0.1) is 0 Å². The predicted molar refractivity (Wildman–Crippen MR) is 86.7 cm³/mol. The molecule has 0 spiro atoms. The first-order chi connectivity index (χ1) is 10.8. The molecule has 0 aliphatic carbocycles. The summed E-state index contributed by atoms with van der Waals surface area (Å²) in [5.41, 5.74) is 0.218. The normalized spacial score (nSPS) is 10.9. The Morgan fingerprint density at radius 2 is 1.96 bits per heavy atom. The number of hydrogen-bond donors (Lipinski definition) is 2. The van der Waals surface area contributed by atoms with Crippen LogP contribution in [0, 0.1) is 0 Å². The topological polar surface area (TPSA) is 84.9 Å². The molecule has 1 rings (SSSR count). The van der Waals surface area contributed by atoms with E-state index in [2.05, 4.69) is 5.32 Å². The van der Waals surface area contributed by atoms with E-state index in [1.54, 1.807) is 24.3 Å². The molecule has 0 atom stereocenters. The molecular weight excluding hydrogens is 298 g/mol. The van der Waals surface area contributed by atoms with E-state index in [1.165, 1.54) is 0 Å². The molecule has 0 heterocycles. The van der Waals surface area contributed by atoms with E-state index in [-0.39, 0.29) is 6.42 Å². The van der Waals surface area contributed by atoms with Gasteiger partial charge in [-0.2, -0.15) is 0 Å². The fraction of sp³-hybridized carbons (Fsp3) is 0.529. The largest absolute Gasteiger partial charge is 0.494 e. The number of alkyl carbamates (subject to hydrolysis) is 1. The van der Waals surface area contributed by atoms with Crippen LogP contribution in [0.25, 0.3) is 0 Å². The number of unbranched alkanes of at least 4 members (excludes halogenated alkanes) is 1. The fourth-order valence-electron chi connectivity index (χ4n) is 1.84. The molecule has 0 fully saturated rings. The van der Waals surface area contributed by atoms with Gasteiger partial charge in [0.15, 0.2) is 0 Å². The lowest BCUT2D eigenvalue weighted by atomic mass is 10.1. The SMILES string of the molecule is CC(C)(C)OC(=O)NCCCCOc1cccc(CC(=O)O)c1. The van der Waals surface area contributed by atoms with Crippen molar-refractivity contribution in [2.75, 3.05) is 13.2 Å². The molecule has 0 aromatic heterocycles. The van der Waals surface area contributed by atoms with Gasteiger partial charge in [0.1, 0.15) is 11.4 Å². The number of ether oxygens (including phenoxy) is 2. The number of carboxylic acid groups (broad SMARTS) is 1. The summed E-state index contributed by atoms with van der Waals surface area (Å²) in [6, 6.07) is 7.06. The maximum absolute atomic E-state index is 11.4. The van der Waals surface area contributed by atoms with Gasteiger partial charge >= 0.3 is 12.1 Å². The van der Waals surface area contributed by atoms with Crippen LogP contribution >= 0.6 is 0 Å². The number of nitrogens with one attached hydrogen (secondary N) is 1. The second kappa shape index (κ2) is 9.02. The first-order valence-electron chi connectivity index (χ1n) is 7.66. The number of hydrogen-bond acceptors (Lipinski definition) is 4. The molecule has 0 aliphatic heterocycles. The summed E-state index contributed by atoms with van der Waals surface area (Å²) in [7, 11) is 0. The molecule has 6 nitrogen and oxygen atoms in total. The van der Waals surface area contributed by atoms with Crippen molar-refractivity contribution in [1.29, 1.82) is 0 Å². The molecule has 128 valence electrons. The Morgan fingerprint density at radius 3 is 2.61 bits per heavy atom. The Kier molecular flexibility index (Phi) is 7.38. The van der Waals surface area contributed by atoms with E-state index in [4.69, 9.17) is 14.6 Å². The van der Waals surface area contributed by atoms with Crippen molar-refractivity contribution in [2.45, 2.75) is 45.6 Å². The van der Waals surface area contributed by atoms with Crippen LogP contribution in [-0.4, -0.2) is 35.9 Å². The Morgan fingerprint density at radius 1 is 1.22 bits per heavy atom. The molecule has 0 bridgehead atoms. The summed E-state index contributed by atoms with van der Waals surface area (Å²) in [6.45, 7) is 6.49. The Hall–Kier alpha value is -2.24. The number of amides is 1. The summed E-state index contributed by atoms with van der Waals surface area (Å²) in [4.78, 5) is 22.1. The molecule has 23 heavy (non-hydrogen) atoms. The summed E-state index contributed by atoms with van der Waals surface area (Å²) >= 11 is 0. The molecule has 0 radical (unpaired) electrons. The van der Waals surface area contributed by atoms with Crippen LogP contribution in [0.4, 0.5) is 4.79 Å². The van der Waals surface area contributed by atoms with Gasteiger partial charge in [0.2, 0.25) is 0 Å². The second-order valence-corrected chi connectivity index (χ2v) is 6.20. The van der Waals surface area contributed by atoms with E-state index < -0.39 is 17.7 Å². The molecular formula is C17H25NO5. The average molecular weight is 323 g/mol. The summed E-state index contributed by atoms with van der Waals surface area (Å²) in [5, 5.41) is 11.4. The van der Waals surface area contributed by atoms with Crippen molar-refractivity contribution in [1.82, 2.24) is 5.32 Å². The van der Waals surface area contributed by atoms with Crippen molar-refractivity contribution in [3.8, 4) is 5.75 Å². The third kappa shape index (κ3) is 9.39. The Labute approximate surface area is 136 Å². The molecule has 0 saturated carbocycles. The van der Waals surface area contributed by atoms with Crippen molar-refractivity contribution in [3.63, 3.8) is 0 Å². The lowest BCUT2D eigenvalue weighted by molar-refractivity contribution is -0.136. The highest BCUT2D eigenvalue weighted by atomic mass is 16.6. The lowest BCUT2D eigenvalue weighted by Crippen LogP contribution is -2.33. The van der Waals surface area contributed by atoms with Gasteiger partial charge in [-0.1, -0.05) is 12.1 Å². The third-order valence-electron chi connectivity index (χ3n) is 2.76. The molecule has 0 saturated heterocycles. The van der Waals surface area contributed by atoms with Crippen LogP contribution in [0.3, 0.4) is 0 Å². The van der Waals surface area contributed by atoms with Gasteiger partial charge in [-0.05, 0) is 51.3 Å². The van der Waals surface area contributed by atoms with E-state index in [0.717, 1.165) is 12.8 Å². The molecule has 1 amide bonds. The van der Waals surface area contributed by atoms with Gasteiger partial charge in [-0.25, -0.2) is 4.79 Å². The first kappa shape index (κ1) is 18.8. The van der Waals surface area contributed by atoms with Crippen molar-refractivity contribution in [2.24, 2.45) is 0 Å². The minimum Gasteiger partial charge on any atom is -0.494 e. The number of carbonyl (C=O) groups excluding carboxylic acids is 1. The smallest absolute Gasteiger partial charge is 0.407 e. The number of benzene rings is 1. The van der Waals surface area contributed by atoms with Crippen LogP contribution in [0.1, 0.15) is 39.2 Å². The summed E-state index contributed by atoms with van der Waals surface area (Å²) in [5.74, 6) is -0.209. The highest BCUT2D eigenvalue weighted by Crippen LogP contribution is 2.14. The molecule has 0 aliphatic rings. The highest BCUT2D eigenvalue weighted by molar-refractivity contribution is 5.70. The lowest BCUT2D eigenvalue weighted by Gasteiger charge is -2.19. The Balaban J connectivity index is 2.18. The van der Waals surface area contributed by atoms with Gasteiger partial charge in [0.05, 0.1) is 13.0 Å². The third-order valence-corrected chi connectivity index (χ3v) is 2.76. The zero-order chi connectivity index (χ0) is 17.3. The Bertz CT molecular complexity index is 522. The number of aliphatic carboxylic acids is 1. The quantitative estimate of drug-likeness (QED) is 0.718. The monoisotopic (exact) mass is 323 g/mol. The molecule has 6 heteroatoms. The van der Waals surface area contributed by atoms with Crippen LogP contribution in [0.15, 0.2) is 24.3 Å². The second-order valence-electron chi connectivity index (χ2n) is 6.20. The summed E-state index contributed by atoms with van der Waals surface area (Å²) < 4.78 is 10.7. The fourth-order valence-corrected chi connectivity index (χ4v) is 1.84. The molecule has 2 N–H and O–H groups in total. The van der Waals surface area contributed by atoms with Crippen molar-refractivity contribution in [3.05, 3.63) is 29.8 Å². The standard InChI is InChI=1S/C17H25NO5/c1-17(2,3)23-16(21)18-9-4-5-10-22-14-8-6-7-13(11-14)12-15(19)20/h6-8,11H,4-5,9-10,12H2,1-3H3,(H,18,21)(H,19,20). The zero-order valence-electron chi connectivity index (χ0n) is 13.9. The average Bonchev–Trinajstić information content (AvgIpc) is 2.40. The van der Waals surface area contributed by atoms with Crippen molar-refractivity contribution < 1.29 is 24.2 Å². The molecule has 0 unspecified atom stereocenters. The molecule has 1 aromatic rings. The minimum atomic E-state index is -0.865. The van der Waals surface area contributed by atoms with Gasteiger partial charge in [-0.3, -0.25) is 4.79 Å². The van der Waals surface area contributed by atoms with Crippen LogP contribution < -0.4 is 10.1 Å². The van der Waals surface area contributed by atoms with Crippen LogP contribution in [-0.2, 0) is 16.0 Å². The van der Waals surface area contributed by atoms with Gasteiger partial charge < -0.3 is 19.9 Å². The van der Waals surface area contributed by atoms with Gasteiger partial charge in [0, 0.05) is 6.54 Å². The van der Waals surface area contributed by atoms with Crippen molar-refractivity contribution >= 4 is 12.1 Å². The number of carbonyl (C=O) groups is 2. The maximum atomic E-state index is 11.4. The van der Waals surface area contributed by atoms with E-state index in [9.17, 15) is 9.59 Å². The summed E-state index contributed by atoms with van der Waals surface area (Å²) in [6.07, 6.45) is 1.11. The van der Waals surface area contributed by atoms with Crippen LogP contribution in [0.2, 0.25) is 0 Å². The zero-order valence-corrected chi connectivity index (χ0v) is 13.9. The predicted octanol–water partition coefficient (Wildman–Crippen LogP) is 3.00. The minimum absolute atomic E-state index is 0.0169. The van der Waals surface area contributed by atoms with E-state index in [1.807, 2.05) is 20.8 Å². The number of carboxylic acids is 1. The van der Waals surface area contributed by atoms with Crippen LogP contribution in [0.5, 0.6) is 5.75 Å². The maximum Gasteiger partial charge on any atom is 0.407 e. The van der Waals surface area contributed by atoms with E-state index >= 15 is 0 Å². The van der Waals surface area contributed by atoms with Gasteiger partial charge in [0.25, 0.3) is 0 Å². The first-order valence-corrected chi connectivity index (χ1v) is 7.66.